The molecular formula is C12H20N4O. The van der Waals surface area contributed by atoms with Crippen molar-refractivity contribution in [3.05, 3.63) is 24.0 Å². The Labute approximate surface area is 102 Å². The first-order valence-electron chi connectivity index (χ1n) is 5.43. The Morgan fingerprint density at radius 1 is 1.53 bits per heavy atom. The molecule has 0 saturated carbocycles. The molecule has 0 atom stereocenters. The molecule has 0 radical (unpaired) electrons. The SMILES string of the molecule is CN(C)C(C)(C)COc1cnccc1C(=N)N. The highest BCUT2D eigenvalue weighted by molar-refractivity contribution is 5.97. The summed E-state index contributed by atoms with van der Waals surface area (Å²) in [6, 6.07) is 1.68. The summed E-state index contributed by atoms with van der Waals surface area (Å²) in [5.41, 5.74) is 5.96. The summed E-state index contributed by atoms with van der Waals surface area (Å²) < 4.78 is 5.70. The van der Waals surface area contributed by atoms with Gasteiger partial charge in [0.1, 0.15) is 18.2 Å². The predicted octanol–water partition coefficient (Wildman–Crippen LogP) is 1.08. The van der Waals surface area contributed by atoms with Gasteiger partial charge in [-0.25, -0.2) is 0 Å². The van der Waals surface area contributed by atoms with E-state index < -0.39 is 0 Å². The van der Waals surface area contributed by atoms with Crippen molar-refractivity contribution in [3.63, 3.8) is 0 Å². The van der Waals surface area contributed by atoms with E-state index in [0.29, 0.717) is 17.9 Å². The maximum atomic E-state index is 7.45. The van der Waals surface area contributed by atoms with Crippen molar-refractivity contribution in [2.24, 2.45) is 5.73 Å². The standard InChI is InChI=1S/C12H20N4O/c1-12(2,16(3)4)8-17-10-7-15-6-5-9(10)11(13)14/h5-7H,8H2,1-4H3,(H3,13,14). The third-order valence-electron chi connectivity index (χ3n) is 2.87. The van der Waals surface area contributed by atoms with Crippen LogP contribution in [0.3, 0.4) is 0 Å². The van der Waals surface area contributed by atoms with Crippen LogP contribution in [-0.4, -0.2) is 42.0 Å². The van der Waals surface area contributed by atoms with E-state index >= 15 is 0 Å². The Bertz CT molecular complexity index is 401. The smallest absolute Gasteiger partial charge is 0.148 e. The lowest BCUT2D eigenvalue weighted by atomic mass is 10.1. The van der Waals surface area contributed by atoms with Crippen LogP contribution in [0.2, 0.25) is 0 Å². The van der Waals surface area contributed by atoms with Gasteiger partial charge < -0.3 is 15.4 Å². The molecule has 5 nitrogen and oxygen atoms in total. The molecule has 0 fully saturated rings. The Kier molecular flexibility index (Phi) is 4.07. The van der Waals surface area contributed by atoms with Crippen molar-refractivity contribution >= 4 is 5.84 Å². The zero-order valence-corrected chi connectivity index (χ0v) is 10.8. The monoisotopic (exact) mass is 236 g/mol. The van der Waals surface area contributed by atoms with Gasteiger partial charge in [-0.15, -0.1) is 0 Å². The minimum atomic E-state index is -0.0934. The van der Waals surface area contributed by atoms with Gasteiger partial charge >= 0.3 is 0 Å². The molecule has 1 aromatic heterocycles. The maximum Gasteiger partial charge on any atom is 0.148 e. The number of aromatic nitrogens is 1. The van der Waals surface area contributed by atoms with Crippen LogP contribution in [0.15, 0.2) is 18.5 Å². The quantitative estimate of drug-likeness (QED) is 0.592. The number of nitrogens with two attached hydrogens (primary N) is 1. The van der Waals surface area contributed by atoms with Gasteiger partial charge in [0.15, 0.2) is 0 Å². The van der Waals surface area contributed by atoms with E-state index in [9.17, 15) is 0 Å². The van der Waals surface area contributed by atoms with Gasteiger partial charge in [0, 0.05) is 11.7 Å². The predicted molar refractivity (Wildman–Crippen MR) is 68.5 cm³/mol. The van der Waals surface area contributed by atoms with Gasteiger partial charge in [-0.05, 0) is 34.0 Å². The molecule has 0 amide bonds. The highest BCUT2D eigenvalue weighted by atomic mass is 16.5. The van der Waals surface area contributed by atoms with Crippen LogP contribution in [0.1, 0.15) is 19.4 Å². The molecule has 1 aromatic rings. The van der Waals surface area contributed by atoms with Crippen molar-refractivity contribution in [1.29, 1.82) is 5.41 Å². The Balaban J connectivity index is 2.79. The first-order valence-corrected chi connectivity index (χ1v) is 5.43. The fourth-order valence-corrected chi connectivity index (χ4v) is 1.10. The maximum absolute atomic E-state index is 7.45. The molecule has 94 valence electrons. The number of likely N-dealkylation sites (N-methyl/N-ethyl adjacent to an activating group) is 1. The zero-order chi connectivity index (χ0) is 13.1. The summed E-state index contributed by atoms with van der Waals surface area (Å²) in [5.74, 6) is 0.542. The Morgan fingerprint density at radius 3 is 2.71 bits per heavy atom. The average Bonchev–Trinajstić information content (AvgIpc) is 2.26. The number of hydrogen-bond donors (Lipinski definition) is 2. The fraction of sp³-hybridized carbons (Fsp3) is 0.500. The van der Waals surface area contributed by atoms with Crippen molar-refractivity contribution < 1.29 is 4.74 Å². The molecule has 0 aromatic carbocycles. The van der Waals surface area contributed by atoms with E-state index in [0.717, 1.165) is 0 Å². The number of nitrogen functional groups attached to an aromatic ring is 1. The lowest BCUT2D eigenvalue weighted by Crippen LogP contribution is -2.43. The molecule has 0 spiro atoms. The van der Waals surface area contributed by atoms with Crippen molar-refractivity contribution in [2.45, 2.75) is 19.4 Å². The second-order valence-electron chi connectivity index (χ2n) is 4.78. The van der Waals surface area contributed by atoms with Crippen LogP contribution in [0.5, 0.6) is 5.75 Å². The van der Waals surface area contributed by atoms with Crippen LogP contribution in [0.4, 0.5) is 0 Å². The molecule has 0 bridgehead atoms. The highest BCUT2D eigenvalue weighted by Gasteiger charge is 2.22. The second-order valence-corrected chi connectivity index (χ2v) is 4.78. The molecule has 0 aliphatic heterocycles. The lowest BCUT2D eigenvalue weighted by Gasteiger charge is -2.32. The molecule has 0 unspecified atom stereocenters. The fourth-order valence-electron chi connectivity index (χ4n) is 1.10. The first kappa shape index (κ1) is 13.4. The summed E-state index contributed by atoms with van der Waals surface area (Å²) in [4.78, 5) is 6.06. The van der Waals surface area contributed by atoms with Crippen LogP contribution >= 0.6 is 0 Å². The van der Waals surface area contributed by atoms with Crippen LogP contribution in [-0.2, 0) is 0 Å². The Morgan fingerprint density at radius 2 is 2.18 bits per heavy atom. The van der Waals surface area contributed by atoms with Gasteiger partial charge in [0.2, 0.25) is 0 Å². The molecule has 0 aliphatic rings. The van der Waals surface area contributed by atoms with E-state index in [-0.39, 0.29) is 11.4 Å². The minimum Gasteiger partial charge on any atom is -0.489 e. The summed E-state index contributed by atoms with van der Waals surface area (Å²) in [5, 5.41) is 7.45. The van der Waals surface area contributed by atoms with Crippen molar-refractivity contribution in [2.75, 3.05) is 20.7 Å². The van der Waals surface area contributed by atoms with Gasteiger partial charge in [-0.2, -0.15) is 0 Å². The number of rotatable bonds is 5. The Hall–Kier alpha value is -1.62. The normalized spacial score (nSPS) is 11.6. The summed E-state index contributed by atoms with van der Waals surface area (Å²) >= 11 is 0. The van der Waals surface area contributed by atoms with Crippen molar-refractivity contribution in [1.82, 2.24) is 9.88 Å². The van der Waals surface area contributed by atoms with Gasteiger partial charge in [-0.1, -0.05) is 0 Å². The third kappa shape index (κ3) is 3.42. The van der Waals surface area contributed by atoms with Crippen molar-refractivity contribution in [3.8, 4) is 5.75 Å². The zero-order valence-electron chi connectivity index (χ0n) is 10.8. The molecule has 3 N–H and O–H groups in total. The number of hydrogen-bond acceptors (Lipinski definition) is 4. The number of pyridine rings is 1. The van der Waals surface area contributed by atoms with Gasteiger partial charge in [0.05, 0.1) is 11.8 Å². The van der Waals surface area contributed by atoms with Crippen LogP contribution in [0.25, 0.3) is 0 Å². The van der Waals surface area contributed by atoms with E-state index in [1.807, 2.05) is 14.1 Å². The molecule has 5 heteroatoms. The largest absolute Gasteiger partial charge is 0.489 e. The number of ether oxygens (including phenoxy) is 1. The molecule has 0 saturated heterocycles. The lowest BCUT2D eigenvalue weighted by molar-refractivity contribution is 0.113. The molecule has 1 heterocycles. The number of amidine groups is 1. The van der Waals surface area contributed by atoms with Crippen LogP contribution in [0, 0.1) is 5.41 Å². The van der Waals surface area contributed by atoms with Crippen LogP contribution < -0.4 is 10.5 Å². The average molecular weight is 236 g/mol. The van der Waals surface area contributed by atoms with Gasteiger partial charge in [-0.3, -0.25) is 10.4 Å². The molecule has 17 heavy (non-hydrogen) atoms. The van der Waals surface area contributed by atoms with E-state index in [1.165, 1.54) is 0 Å². The first-order chi connectivity index (χ1) is 7.84. The third-order valence-corrected chi connectivity index (χ3v) is 2.87. The van der Waals surface area contributed by atoms with E-state index in [2.05, 4.69) is 23.7 Å². The summed E-state index contributed by atoms with van der Waals surface area (Å²) in [6.07, 6.45) is 3.18. The van der Waals surface area contributed by atoms with E-state index in [1.54, 1.807) is 18.5 Å². The summed E-state index contributed by atoms with van der Waals surface area (Å²) in [7, 11) is 4.00. The topological polar surface area (TPSA) is 75.2 Å². The molecule has 1 rings (SSSR count). The number of nitrogens with zero attached hydrogens (tertiary/aromatic N) is 2. The summed E-state index contributed by atoms with van der Waals surface area (Å²) in [6.45, 7) is 4.67. The minimum absolute atomic E-state index is 0.00920. The van der Waals surface area contributed by atoms with Gasteiger partial charge in [0.25, 0.3) is 0 Å². The highest BCUT2D eigenvalue weighted by Crippen LogP contribution is 2.18. The molecule has 0 aliphatic carbocycles. The number of nitrogens with one attached hydrogen (secondary N) is 1. The molecular weight excluding hydrogens is 216 g/mol. The van der Waals surface area contributed by atoms with E-state index in [4.69, 9.17) is 15.9 Å². The second kappa shape index (κ2) is 5.14.